The molecule has 0 aliphatic carbocycles. The molecule has 0 spiro atoms. The summed E-state index contributed by atoms with van der Waals surface area (Å²) in [6.07, 6.45) is 0. The Morgan fingerprint density at radius 3 is 1.38 bits per heavy atom. The van der Waals surface area contributed by atoms with Crippen LogP contribution in [0.4, 0.5) is 5.69 Å². The van der Waals surface area contributed by atoms with Crippen molar-refractivity contribution in [1.82, 2.24) is 0 Å². The molecule has 104 valence electrons. The Bertz CT molecular complexity index is 666. The number of nitrogen functional groups attached to an aromatic ring is 1. The van der Waals surface area contributed by atoms with Crippen LogP contribution in [0.3, 0.4) is 0 Å². The van der Waals surface area contributed by atoms with Crippen molar-refractivity contribution in [2.24, 2.45) is 0 Å². The van der Waals surface area contributed by atoms with Gasteiger partial charge in [0.1, 0.15) is 0 Å². The van der Waals surface area contributed by atoms with E-state index in [1.807, 2.05) is 60.7 Å². The summed E-state index contributed by atoms with van der Waals surface area (Å²) in [6, 6.07) is 28.6. The molecule has 0 aliphatic rings. The fraction of sp³-hybridized carbons (Fsp3) is 0.0526. The van der Waals surface area contributed by atoms with Gasteiger partial charge in [-0.05, 0) is 28.8 Å². The van der Waals surface area contributed by atoms with Gasteiger partial charge in [-0.2, -0.15) is 12.6 Å². The van der Waals surface area contributed by atoms with Crippen LogP contribution in [0.5, 0.6) is 0 Å². The van der Waals surface area contributed by atoms with Gasteiger partial charge in [0.2, 0.25) is 0 Å². The van der Waals surface area contributed by atoms with E-state index in [2.05, 4.69) is 24.3 Å². The Morgan fingerprint density at radius 1 is 0.571 bits per heavy atom. The molecule has 0 aromatic heterocycles. The lowest BCUT2D eigenvalue weighted by Crippen LogP contribution is -2.22. The van der Waals surface area contributed by atoms with Crippen LogP contribution in [-0.4, -0.2) is 0 Å². The van der Waals surface area contributed by atoms with Crippen LogP contribution in [-0.2, 0) is 4.75 Å². The summed E-state index contributed by atoms with van der Waals surface area (Å²) in [6.45, 7) is 0. The maximum Gasteiger partial charge on any atom is 0.0878 e. The lowest BCUT2D eigenvalue weighted by atomic mass is 9.84. The van der Waals surface area contributed by atoms with Crippen LogP contribution in [0.2, 0.25) is 0 Å². The molecular formula is C19H17NS. The molecule has 21 heavy (non-hydrogen) atoms. The SMILES string of the molecule is Nc1ccc(C(S)(c2ccccc2)c2ccccc2)cc1. The van der Waals surface area contributed by atoms with E-state index >= 15 is 0 Å². The minimum atomic E-state index is -0.490. The van der Waals surface area contributed by atoms with Crippen LogP contribution in [0.15, 0.2) is 84.9 Å². The molecule has 2 heteroatoms. The summed E-state index contributed by atoms with van der Waals surface area (Å²) in [4.78, 5) is 0. The monoisotopic (exact) mass is 291 g/mol. The molecule has 2 N–H and O–H groups in total. The molecule has 0 unspecified atom stereocenters. The quantitative estimate of drug-likeness (QED) is 0.415. The lowest BCUT2D eigenvalue weighted by Gasteiger charge is -2.30. The van der Waals surface area contributed by atoms with E-state index in [1.54, 1.807) is 0 Å². The molecule has 0 heterocycles. The molecule has 1 nitrogen and oxygen atoms in total. The highest BCUT2D eigenvalue weighted by atomic mass is 32.1. The Labute approximate surface area is 130 Å². The number of nitrogens with two attached hydrogens (primary N) is 1. The standard InChI is InChI=1S/C19H17NS/c20-18-13-11-17(12-14-18)19(21,15-7-3-1-4-8-15)16-9-5-2-6-10-16/h1-14,21H,20H2. The molecule has 0 aliphatic heterocycles. The second-order valence-corrected chi connectivity index (χ2v) is 5.74. The predicted octanol–water partition coefficient (Wildman–Crippen LogP) is 4.49. The van der Waals surface area contributed by atoms with E-state index in [0.29, 0.717) is 0 Å². The van der Waals surface area contributed by atoms with E-state index in [1.165, 1.54) is 0 Å². The maximum absolute atomic E-state index is 5.82. The molecule has 0 saturated heterocycles. The lowest BCUT2D eigenvalue weighted by molar-refractivity contribution is 0.905. The summed E-state index contributed by atoms with van der Waals surface area (Å²) in [5.41, 5.74) is 9.98. The van der Waals surface area contributed by atoms with Gasteiger partial charge in [-0.15, -0.1) is 0 Å². The zero-order chi connectivity index (χ0) is 14.7. The summed E-state index contributed by atoms with van der Waals surface area (Å²) in [5, 5.41) is 0. The highest BCUT2D eigenvalue weighted by molar-refractivity contribution is 7.81. The molecule has 0 amide bonds. The fourth-order valence-corrected chi connectivity index (χ4v) is 3.03. The van der Waals surface area contributed by atoms with Crippen molar-refractivity contribution in [3.63, 3.8) is 0 Å². The van der Waals surface area contributed by atoms with Crippen molar-refractivity contribution >= 4 is 18.3 Å². The van der Waals surface area contributed by atoms with Crippen molar-refractivity contribution < 1.29 is 0 Å². The summed E-state index contributed by atoms with van der Waals surface area (Å²) in [7, 11) is 0. The first-order chi connectivity index (χ1) is 10.2. The van der Waals surface area contributed by atoms with Gasteiger partial charge in [0.25, 0.3) is 0 Å². The van der Waals surface area contributed by atoms with Gasteiger partial charge < -0.3 is 5.73 Å². The van der Waals surface area contributed by atoms with Crippen molar-refractivity contribution in [3.8, 4) is 0 Å². The molecule has 3 aromatic carbocycles. The summed E-state index contributed by atoms with van der Waals surface area (Å²) >= 11 is 5.08. The molecule has 0 saturated carbocycles. The fourth-order valence-electron chi connectivity index (χ4n) is 2.58. The number of anilines is 1. The van der Waals surface area contributed by atoms with Crippen LogP contribution < -0.4 is 5.73 Å². The summed E-state index contributed by atoms with van der Waals surface area (Å²) in [5.74, 6) is 0. The Morgan fingerprint density at radius 2 is 0.952 bits per heavy atom. The normalized spacial score (nSPS) is 11.3. The molecule has 3 rings (SSSR count). The molecule has 0 radical (unpaired) electrons. The van der Waals surface area contributed by atoms with Gasteiger partial charge in [-0.25, -0.2) is 0 Å². The zero-order valence-electron chi connectivity index (χ0n) is 11.6. The Hall–Kier alpha value is -2.19. The van der Waals surface area contributed by atoms with Crippen molar-refractivity contribution in [3.05, 3.63) is 102 Å². The molecule has 0 atom stereocenters. The van der Waals surface area contributed by atoms with Crippen LogP contribution in [0, 0.1) is 0 Å². The number of benzene rings is 3. The smallest absolute Gasteiger partial charge is 0.0878 e. The number of hydrogen-bond acceptors (Lipinski definition) is 2. The summed E-state index contributed by atoms with van der Waals surface area (Å²) < 4.78 is -0.490. The average Bonchev–Trinajstić information content (AvgIpc) is 2.56. The first-order valence-corrected chi connectivity index (χ1v) is 7.35. The highest BCUT2D eigenvalue weighted by Crippen LogP contribution is 2.42. The Kier molecular flexibility index (Phi) is 3.72. The van der Waals surface area contributed by atoms with E-state index in [4.69, 9.17) is 18.4 Å². The largest absolute Gasteiger partial charge is 0.399 e. The van der Waals surface area contributed by atoms with E-state index in [9.17, 15) is 0 Å². The van der Waals surface area contributed by atoms with Crippen molar-refractivity contribution in [1.29, 1.82) is 0 Å². The molecule has 3 aromatic rings. The van der Waals surface area contributed by atoms with Crippen molar-refractivity contribution in [2.45, 2.75) is 4.75 Å². The van der Waals surface area contributed by atoms with Gasteiger partial charge in [0.05, 0.1) is 4.75 Å². The first-order valence-electron chi connectivity index (χ1n) is 6.91. The zero-order valence-corrected chi connectivity index (χ0v) is 12.5. The van der Waals surface area contributed by atoms with Gasteiger partial charge in [0.15, 0.2) is 0 Å². The first kappa shape index (κ1) is 13.8. The minimum Gasteiger partial charge on any atom is -0.399 e. The number of rotatable bonds is 3. The molecule has 0 bridgehead atoms. The van der Waals surface area contributed by atoms with E-state index in [0.717, 1.165) is 22.4 Å². The van der Waals surface area contributed by atoms with E-state index < -0.39 is 4.75 Å². The van der Waals surface area contributed by atoms with Gasteiger partial charge in [-0.1, -0.05) is 72.8 Å². The Balaban J connectivity index is 2.23. The van der Waals surface area contributed by atoms with Gasteiger partial charge in [0, 0.05) is 5.69 Å². The minimum absolute atomic E-state index is 0.490. The highest BCUT2D eigenvalue weighted by Gasteiger charge is 2.31. The second kappa shape index (κ2) is 5.66. The predicted molar refractivity (Wildman–Crippen MR) is 92.6 cm³/mol. The van der Waals surface area contributed by atoms with Crippen LogP contribution in [0.25, 0.3) is 0 Å². The van der Waals surface area contributed by atoms with Gasteiger partial charge in [-0.3, -0.25) is 0 Å². The second-order valence-electron chi connectivity index (χ2n) is 5.06. The topological polar surface area (TPSA) is 26.0 Å². The third kappa shape index (κ3) is 2.55. The van der Waals surface area contributed by atoms with Gasteiger partial charge >= 0.3 is 0 Å². The van der Waals surface area contributed by atoms with Crippen LogP contribution >= 0.6 is 12.6 Å². The number of thiol groups is 1. The third-order valence-corrected chi connectivity index (χ3v) is 4.49. The number of hydrogen-bond donors (Lipinski definition) is 2. The van der Waals surface area contributed by atoms with Crippen molar-refractivity contribution in [2.75, 3.05) is 5.73 Å². The van der Waals surface area contributed by atoms with Crippen LogP contribution in [0.1, 0.15) is 16.7 Å². The molecular weight excluding hydrogens is 274 g/mol. The average molecular weight is 291 g/mol. The molecule has 0 fully saturated rings. The van der Waals surface area contributed by atoms with E-state index in [-0.39, 0.29) is 0 Å². The maximum atomic E-state index is 5.82. The third-order valence-electron chi connectivity index (χ3n) is 3.71.